The summed E-state index contributed by atoms with van der Waals surface area (Å²) in [7, 11) is 0. The third kappa shape index (κ3) is 1.58. The molecular formula is C11H19N3O. The molecule has 2 rings (SSSR count). The molecule has 84 valence electrons. The molecule has 0 aromatic carbocycles. The Morgan fingerprint density at radius 2 is 2.33 bits per heavy atom. The number of aromatic nitrogens is 2. The van der Waals surface area contributed by atoms with Gasteiger partial charge in [0.25, 0.3) is 0 Å². The Morgan fingerprint density at radius 3 is 2.80 bits per heavy atom. The summed E-state index contributed by atoms with van der Waals surface area (Å²) in [6.07, 6.45) is 3.16. The molecule has 1 aliphatic rings. The third-order valence-electron chi connectivity index (χ3n) is 3.35. The molecule has 1 heterocycles. The SMILES string of the molecule is CC(C)n1nccc1C1(CN)CC(O)C1. The van der Waals surface area contributed by atoms with Crippen molar-refractivity contribution < 1.29 is 5.11 Å². The number of hydrogen-bond acceptors (Lipinski definition) is 3. The molecule has 4 heteroatoms. The van der Waals surface area contributed by atoms with Gasteiger partial charge in [-0.05, 0) is 32.8 Å². The number of nitrogens with zero attached hydrogens (tertiary/aromatic N) is 2. The smallest absolute Gasteiger partial charge is 0.0559 e. The summed E-state index contributed by atoms with van der Waals surface area (Å²) in [5.41, 5.74) is 6.97. The number of hydrogen-bond donors (Lipinski definition) is 2. The second-order valence-corrected chi connectivity index (χ2v) is 4.80. The van der Waals surface area contributed by atoms with Crippen molar-refractivity contribution in [3.8, 4) is 0 Å². The zero-order valence-electron chi connectivity index (χ0n) is 9.35. The molecule has 1 fully saturated rings. The Bertz CT molecular complexity index is 339. The van der Waals surface area contributed by atoms with E-state index < -0.39 is 0 Å². The van der Waals surface area contributed by atoms with E-state index in [1.165, 1.54) is 5.69 Å². The van der Waals surface area contributed by atoms with Crippen LogP contribution in [0.2, 0.25) is 0 Å². The standard InChI is InChI=1S/C11H19N3O/c1-8(2)14-10(3-4-13-14)11(7-12)5-9(15)6-11/h3-4,8-9,15H,5-7,12H2,1-2H3. The first-order valence-corrected chi connectivity index (χ1v) is 5.51. The molecule has 1 aromatic heterocycles. The van der Waals surface area contributed by atoms with Crippen LogP contribution in [-0.2, 0) is 5.41 Å². The predicted octanol–water partition coefficient (Wildman–Crippen LogP) is 0.815. The highest BCUT2D eigenvalue weighted by Crippen LogP contribution is 2.43. The molecule has 15 heavy (non-hydrogen) atoms. The maximum atomic E-state index is 9.46. The molecule has 0 saturated heterocycles. The maximum absolute atomic E-state index is 9.46. The Balaban J connectivity index is 2.31. The Morgan fingerprint density at radius 1 is 1.67 bits per heavy atom. The van der Waals surface area contributed by atoms with Gasteiger partial charge in [0.15, 0.2) is 0 Å². The van der Waals surface area contributed by atoms with Crippen LogP contribution in [0.4, 0.5) is 0 Å². The molecule has 0 aliphatic heterocycles. The van der Waals surface area contributed by atoms with Gasteiger partial charge < -0.3 is 10.8 Å². The van der Waals surface area contributed by atoms with Gasteiger partial charge in [-0.2, -0.15) is 5.10 Å². The van der Waals surface area contributed by atoms with Crippen molar-refractivity contribution in [2.45, 2.75) is 44.2 Å². The molecule has 1 saturated carbocycles. The summed E-state index contributed by atoms with van der Waals surface area (Å²) in [5.74, 6) is 0. The van der Waals surface area contributed by atoms with Crippen molar-refractivity contribution in [2.24, 2.45) is 5.73 Å². The minimum Gasteiger partial charge on any atom is -0.393 e. The van der Waals surface area contributed by atoms with Gasteiger partial charge in [0.2, 0.25) is 0 Å². The summed E-state index contributed by atoms with van der Waals surface area (Å²) >= 11 is 0. The van der Waals surface area contributed by atoms with E-state index in [2.05, 4.69) is 18.9 Å². The van der Waals surface area contributed by atoms with Crippen LogP contribution in [0.1, 0.15) is 38.4 Å². The van der Waals surface area contributed by atoms with Crippen molar-refractivity contribution in [1.29, 1.82) is 0 Å². The van der Waals surface area contributed by atoms with E-state index in [4.69, 9.17) is 5.73 Å². The fourth-order valence-corrected chi connectivity index (χ4v) is 2.47. The minimum absolute atomic E-state index is 0.0415. The second kappa shape index (κ2) is 3.61. The van der Waals surface area contributed by atoms with Gasteiger partial charge in [0.1, 0.15) is 0 Å². The second-order valence-electron chi connectivity index (χ2n) is 4.80. The monoisotopic (exact) mass is 209 g/mol. The number of rotatable bonds is 3. The summed E-state index contributed by atoms with van der Waals surface area (Å²) in [4.78, 5) is 0. The number of nitrogens with two attached hydrogens (primary N) is 1. The Kier molecular flexibility index (Phi) is 2.56. The van der Waals surface area contributed by atoms with Crippen LogP contribution >= 0.6 is 0 Å². The first-order chi connectivity index (χ1) is 7.09. The molecule has 0 atom stereocenters. The van der Waals surface area contributed by atoms with Crippen LogP contribution in [0.3, 0.4) is 0 Å². The van der Waals surface area contributed by atoms with Crippen LogP contribution in [0.15, 0.2) is 12.3 Å². The predicted molar refractivity (Wildman–Crippen MR) is 58.6 cm³/mol. The third-order valence-corrected chi connectivity index (χ3v) is 3.35. The Hall–Kier alpha value is -0.870. The van der Waals surface area contributed by atoms with Crippen LogP contribution in [0.25, 0.3) is 0 Å². The van der Waals surface area contributed by atoms with E-state index in [-0.39, 0.29) is 11.5 Å². The van der Waals surface area contributed by atoms with E-state index in [0.717, 1.165) is 12.8 Å². The maximum Gasteiger partial charge on any atom is 0.0559 e. The average molecular weight is 209 g/mol. The highest BCUT2D eigenvalue weighted by Gasteiger charge is 2.46. The first-order valence-electron chi connectivity index (χ1n) is 5.51. The zero-order valence-corrected chi connectivity index (χ0v) is 9.35. The van der Waals surface area contributed by atoms with Crippen LogP contribution in [0, 0.1) is 0 Å². The van der Waals surface area contributed by atoms with Crippen molar-refractivity contribution in [2.75, 3.05) is 6.54 Å². The van der Waals surface area contributed by atoms with Gasteiger partial charge in [-0.3, -0.25) is 4.68 Å². The molecule has 0 amide bonds. The van der Waals surface area contributed by atoms with Crippen molar-refractivity contribution in [1.82, 2.24) is 9.78 Å². The van der Waals surface area contributed by atoms with E-state index in [1.807, 2.05) is 16.9 Å². The molecule has 0 bridgehead atoms. The average Bonchev–Trinajstić information content (AvgIpc) is 2.61. The molecule has 0 unspecified atom stereocenters. The highest BCUT2D eigenvalue weighted by atomic mass is 16.3. The summed E-state index contributed by atoms with van der Waals surface area (Å²) in [6.45, 7) is 4.80. The zero-order chi connectivity index (χ0) is 11.1. The lowest BCUT2D eigenvalue weighted by Crippen LogP contribution is -2.51. The van der Waals surface area contributed by atoms with Crippen molar-refractivity contribution in [3.63, 3.8) is 0 Å². The van der Waals surface area contributed by atoms with Gasteiger partial charge >= 0.3 is 0 Å². The lowest BCUT2D eigenvalue weighted by Gasteiger charge is -2.45. The van der Waals surface area contributed by atoms with Crippen LogP contribution in [-0.4, -0.2) is 27.5 Å². The largest absolute Gasteiger partial charge is 0.393 e. The quantitative estimate of drug-likeness (QED) is 0.774. The minimum atomic E-state index is -0.191. The lowest BCUT2D eigenvalue weighted by atomic mass is 9.64. The van der Waals surface area contributed by atoms with E-state index in [9.17, 15) is 5.11 Å². The van der Waals surface area contributed by atoms with Gasteiger partial charge in [-0.1, -0.05) is 0 Å². The number of aliphatic hydroxyl groups is 1. The van der Waals surface area contributed by atoms with E-state index in [0.29, 0.717) is 12.6 Å². The molecule has 1 aliphatic carbocycles. The van der Waals surface area contributed by atoms with E-state index in [1.54, 1.807) is 0 Å². The Labute approximate surface area is 90.1 Å². The fraction of sp³-hybridized carbons (Fsp3) is 0.727. The topological polar surface area (TPSA) is 64.1 Å². The van der Waals surface area contributed by atoms with Gasteiger partial charge in [0, 0.05) is 29.9 Å². The molecule has 3 N–H and O–H groups in total. The van der Waals surface area contributed by atoms with Gasteiger partial charge in [0.05, 0.1) is 6.10 Å². The molecular weight excluding hydrogens is 190 g/mol. The van der Waals surface area contributed by atoms with Crippen LogP contribution in [0.5, 0.6) is 0 Å². The highest BCUT2D eigenvalue weighted by molar-refractivity contribution is 5.23. The number of aliphatic hydroxyl groups excluding tert-OH is 1. The van der Waals surface area contributed by atoms with Gasteiger partial charge in [-0.25, -0.2) is 0 Å². The normalized spacial score (nSPS) is 30.6. The summed E-state index contributed by atoms with van der Waals surface area (Å²) in [6, 6.07) is 2.37. The molecule has 1 aromatic rings. The van der Waals surface area contributed by atoms with E-state index >= 15 is 0 Å². The van der Waals surface area contributed by atoms with Crippen molar-refractivity contribution in [3.05, 3.63) is 18.0 Å². The summed E-state index contributed by atoms with van der Waals surface area (Å²) < 4.78 is 2.01. The molecule has 0 spiro atoms. The van der Waals surface area contributed by atoms with Crippen molar-refractivity contribution >= 4 is 0 Å². The summed E-state index contributed by atoms with van der Waals surface area (Å²) in [5, 5.41) is 13.8. The molecule has 0 radical (unpaired) electrons. The van der Waals surface area contributed by atoms with Crippen LogP contribution < -0.4 is 5.73 Å². The van der Waals surface area contributed by atoms with Gasteiger partial charge in [-0.15, -0.1) is 0 Å². The fourth-order valence-electron chi connectivity index (χ4n) is 2.47. The molecule has 4 nitrogen and oxygen atoms in total. The lowest BCUT2D eigenvalue weighted by molar-refractivity contribution is 0.0172. The first kappa shape index (κ1) is 10.6.